The smallest absolute Gasteiger partial charge is 0.303 e. The van der Waals surface area contributed by atoms with Crippen LogP contribution in [-0.2, 0) is 19.6 Å². The highest BCUT2D eigenvalue weighted by atomic mass is 32.2. The molecule has 0 unspecified atom stereocenters. The fourth-order valence-electron chi connectivity index (χ4n) is 0.498. The Hall–Kier alpha value is -1.15. The monoisotopic (exact) mass is 241 g/mol. The SMILES string of the molecule is CCCS(N)(=O)=O.O=C(O)CCC(=O)O. The van der Waals surface area contributed by atoms with Crippen molar-refractivity contribution in [2.75, 3.05) is 5.75 Å². The number of hydrogen-bond donors (Lipinski definition) is 3. The number of carboxylic acids is 2. The molecule has 0 amide bonds. The Kier molecular flexibility index (Phi) is 8.88. The van der Waals surface area contributed by atoms with Crippen molar-refractivity contribution in [1.82, 2.24) is 0 Å². The molecule has 0 atom stereocenters. The fraction of sp³-hybridized carbons (Fsp3) is 0.714. The van der Waals surface area contributed by atoms with Crippen molar-refractivity contribution >= 4 is 22.0 Å². The van der Waals surface area contributed by atoms with E-state index in [1.165, 1.54) is 0 Å². The molecule has 8 heteroatoms. The van der Waals surface area contributed by atoms with E-state index in [9.17, 15) is 18.0 Å². The van der Waals surface area contributed by atoms with Gasteiger partial charge in [0.25, 0.3) is 0 Å². The zero-order valence-electron chi connectivity index (χ0n) is 8.34. The van der Waals surface area contributed by atoms with E-state index in [1.54, 1.807) is 6.92 Å². The molecular weight excluding hydrogens is 226 g/mol. The third-order valence-electron chi connectivity index (χ3n) is 1.04. The van der Waals surface area contributed by atoms with Gasteiger partial charge in [-0.05, 0) is 6.42 Å². The van der Waals surface area contributed by atoms with Crippen molar-refractivity contribution in [2.24, 2.45) is 5.14 Å². The summed E-state index contributed by atoms with van der Waals surface area (Å²) in [6, 6.07) is 0. The van der Waals surface area contributed by atoms with Crippen LogP contribution in [0.3, 0.4) is 0 Å². The number of sulfonamides is 1. The largest absolute Gasteiger partial charge is 0.481 e. The lowest BCUT2D eigenvalue weighted by Crippen LogP contribution is -2.15. The first-order valence-electron chi connectivity index (χ1n) is 4.13. The Morgan fingerprint density at radius 1 is 1.13 bits per heavy atom. The van der Waals surface area contributed by atoms with Crippen LogP contribution in [0.5, 0.6) is 0 Å². The minimum absolute atomic E-state index is 0.0903. The van der Waals surface area contributed by atoms with Crippen LogP contribution in [0.4, 0.5) is 0 Å². The topological polar surface area (TPSA) is 135 Å². The first-order valence-corrected chi connectivity index (χ1v) is 5.84. The molecule has 90 valence electrons. The van der Waals surface area contributed by atoms with Gasteiger partial charge >= 0.3 is 11.9 Å². The van der Waals surface area contributed by atoms with Crippen LogP contribution in [0.2, 0.25) is 0 Å². The van der Waals surface area contributed by atoms with Gasteiger partial charge in [-0.25, -0.2) is 13.6 Å². The van der Waals surface area contributed by atoms with Gasteiger partial charge in [0.2, 0.25) is 10.0 Å². The van der Waals surface area contributed by atoms with Crippen LogP contribution in [-0.4, -0.2) is 36.3 Å². The standard InChI is InChI=1S/C4H6O4.C3H9NO2S/c5-3(6)1-2-4(7)8;1-2-3-7(4,5)6/h1-2H2,(H,5,6)(H,7,8);2-3H2,1H3,(H2,4,5,6). The lowest BCUT2D eigenvalue weighted by atomic mass is 10.3. The summed E-state index contributed by atoms with van der Waals surface area (Å²) in [6.07, 6.45) is 0.00347. The molecule has 0 rings (SSSR count). The van der Waals surface area contributed by atoms with Crippen molar-refractivity contribution in [3.63, 3.8) is 0 Å². The second-order valence-electron chi connectivity index (χ2n) is 2.65. The number of carboxylic acid groups (broad SMARTS) is 2. The first-order chi connectivity index (χ1) is 6.69. The average molecular weight is 241 g/mol. The van der Waals surface area contributed by atoms with E-state index >= 15 is 0 Å². The molecular formula is C7H15NO6S. The van der Waals surface area contributed by atoms with E-state index in [4.69, 9.17) is 10.2 Å². The van der Waals surface area contributed by atoms with E-state index in [-0.39, 0.29) is 18.6 Å². The summed E-state index contributed by atoms with van der Waals surface area (Å²) in [6.45, 7) is 1.77. The average Bonchev–Trinajstić information content (AvgIpc) is 1.99. The van der Waals surface area contributed by atoms with Gasteiger partial charge in [-0.1, -0.05) is 6.92 Å². The summed E-state index contributed by atoms with van der Waals surface area (Å²) in [5, 5.41) is 20.4. The molecule has 0 bridgehead atoms. The van der Waals surface area contributed by atoms with Gasteiger partial charge in [0.05, 0.1) is 18.6 Å². The Balaban J connectivity index is 0. The van der Waals surface area contributed by atoms with E-state index < -0.39 is 22.0 Å². The molecule has 15 heavy (non-hydrogen) atoms. The zero-order valence-corrected chi connectivity index (χ0v) is 9.16. The molecule has 0 saturated carbocycles. The summed E-state index contributed by atoms with van der Waals surface area (Å²) in [7, 11) is -3.17. The van der Waals surface area contributed by atoms with Gasteiger partial charge in [-0.3, -0.25) is 9.59 Å². The fourth-order valence-corrected chi connectivity index (χ4v) is 1.07. The first kappa shape index (κ1) is 16.3. The van der Waals surface area contributed by atoms with Crippen molar-refractivity contribution < 1.29 is 28.2 Å². The van der Waals surface area contributed by atoms with Gasteiger partial charge in [0.15, 0.2) is 0 Å². The molecule has 0 aromatic heterocycles. The van der Waals surface area contributed by atoms with Crippen molar-refractivity contribution in [2.45, 2.75) is 26.2 Å². The maximum atomic E-state index is 10.0. The number of carbonyl (C=O) groups is 2. The number of nitrogens with two attached hydrogens (primary N) is 1. The van der Waals surface area contributed by atoms with Gasteiger partial charge in [0.1, 0.15) is 0 Å². The van der Waals surface area contributed by atoms with Crippen LogP contribution in [0, 0.1) is 0 Å². The highest BCUT2D eigenvalue weighted by Crippen LogP contribution is 1.86. The number of rotatable bonds is 5. The van der Waals surface area contributed by atoms with Crippen molar-refractivity contribution in [3.8, 4) is 0 Å². The molecule has 0 fully saturated rings. The van der Waals surface area contributed by atoms with Crippen molar-refractivity contribution in [1.29, 1.82) is 0 Å². The molecule has 7 nitrogen and oxygen atoms in total. The maximum Gasteiger partial charge on any atom is 0.303 e. The zero-order chi connectivity index (χ0) is 12.5. The molecule has 4 N–H and O–H groups in total. The van der Waals surface area contributed by atoms with Crippen LogP contribution in [0.1, 0.15) is 26.2 Å². The summed E-state index contributed by atoms with van der Waals surface area (Å²) >= 11 is 0. The highest BCUT2D eigenvalue weighted by Gasteiger charge is 2.00. The second-order valence-corrected chi connectivity index (χ2v) is 4.39. The summed E-state index contributed by atoms with van der Waals surface area (Å²) in [4.78, 5) is 19.3. The summed E-state index contributed by atoms with van der Waals surface area (Å²) in [5.41, 5.74) is 0. The number of primary sulfonamides is 1. The third kappa shape index (κ3) is 24.5. The lowest BCUT2D eigenvalue weighted by molar-refractivity contribution is -0.143. The number of hydrogen-bond acceptors (Lipinski definition) is 4. The summed E-state index contributed by atoms with van der Waals surface area (Å²) in [5.74, 6) is -2.06. The van der Waals surface area contributed by atoms with Gasteiger partial charge in [-0.2, -0.15) is 0 Å². The Bertz CT molecular complexity index is 283. The van der Waals surface area contributed by atoms with Gasteiger partial charge in [0, 0.05) is 0 Å². The minimum Gasteiger partial charge on any atom is -0.481 e. The quantitative estimate of drug-likeness (QED) is 0.600. The molecule has 0 saturated heterocycles. The maximum absolute atomic E-state index is 10.0. The minimum atomic E-state index is -3.17. The molecule has 0 aliphatic heterocycles. The molecule has 0 spiro atoms. The van der Waals surface area contributed by atoms with Crippen LogP contribution in [0.25, 0.3) is 0 Å². The predicted molar refractivity (Wildman–Crippen MR) is 52.8 cm³/mol. The van der Waals surface area contributed by atoms with Crippen molar-refractivity contribution in [3.05, 3.63) is 0 Å². The Labute approximate surface area is 87.9 Å². The van der Waals surface area contributed by atoms with Crippen LogP contribution in [0.15, 0.2) is 0 Å². The normalized spacial score (nSPS) is 10.0. The predicted octanol–water partition coefficient (Wildman–Crippen LogP) is -0.379. The molecule has 0 radical (unpaired) electrons. The van der Waals surface area contributed by atoms with E-state index in [1.807, 2.05) is 0 Å². The van der Waals surface area contributed by atoms with Crippen LogP contribution < -0.4 is 5.14 Å². The highest BCUT2D eigenvalue weighted by molar-refractivity contribution is 7.89. The van der Waals surface area contributed by atoms with Gasteiger partial charge < -0.3 is 10.2 Å². The molecule has 0 aromatic carbocycles. The van der Waals surface area contributed by atoms with Crippen LogP contribution >= 0.6 is 0 Å². The van der Waals surface area contributed by atoms with E-state index in [0.29, 0.717) is 6.42 Å². The Morgan fingerprint density at radius 2 is 1.47 bits per heavy atom. The Morgan fingerprint density at radius 3 is 1.53 bits per heavy atom. The summed E-state index contributed by atoms with van der Waals surface area (Å²) < 4.78 is 20.0. The van der Waals surface area contributed by atoms with E-state index in [0.717, 1.165) is 0 Å². The number of aliphatic carboxylic acids is 2. The van der Waals surface area contributed by atoms with Gasteiger partial charge in [-0.15, -0.1) is 0 Å². The lowest BCUT2D eigenvalue weighted by Gasteiger charge is -1.87. The molecule has 0 aliphatic rings. The molecule has 0 aliphatic carbocycles. The molecule has 0 heterocycles. The second kappa shape index (κ2) is 8.18. The molecule has 0 aromatic rings. The third-order valence-corrected chi connectivity index (χ3v) is 2.02. The van der Waals surface area contributed by atoms with E-state index in [2.05, 4.69) is 5.14 Å².